The van der Waals surface area contributed by atoms with E-state index >= 15 is 0 Å². The molecule has 2 aromatic rings. The maximum atomic E-state index is 12.2. The molecule has 0 unspecified atom stereocenters. The number of amides is 1. The van der Waals surface area contributed by atoms with Gasteiger partial charge in [-0.3, -0.25) is 9.20 Å². The van der Waals surface area contributed by atoms with Crippen LogP contribution in [0, 0.1) is 0 Å². The van der Waals surface area contributed by atoms with E-state index in [1.807, 2.05) is 0 Å². The van der Waals surface area contributed by atoms with E-state index in [0.29, 0.717) is 0 Å². The lowest BCUT2D eigenvalue weighted by atomic mass is 10.4. The molecule has 0 aliphatic carbocycles. The van der Waals surface area contributed by atoms with Crippen LogP contribution in [-0.2, 0) is 4.79 Å². The van der Waals surface area contributed by atoms with Gasteiger partial charge in [0.15, 0.2) is 5.82 Å². The first-order valence-electron chi connectivity index (χ1n) is 4.62. The number of carbonyl (C=O) groups excluding carboxylic acids is 1. The minimum atomic E-state index is -5.16. The average molecular weight is 275 g/mol. The van der Waals surface area contributed by atoms with Crippen molar-refractivity contribution in [3.05, 3.63) is 18.1 Å². The number of nitrogens with zero attached hydrogens (tertiary/aromatic N) is 4. The molecule has 0 radical (unpaired) electrons. The van der Waals surface area contributed by atoms with E-state index in [4.69, 9.17) is 5.11 Å². The van der Waals surface area contributed by atoms with Crippen molar-refractivity contribution in [1.82, 2.24) is 19.6 Å². The van der Waals surface area contributed by atoms with Crippen molar-refractivity contribution in [2.75, 3.05) is 5.32 Å². The number of halogens is 3. The molecule has 0 bridgehead atoms. The number of hydrogen-bond acceptors (Lipinski definition) is 5. The van der Waals surface area contributed by atoms with Gasteiger partial charge in [0.1, 0.15) is 0 Å². The van der Waals surface area contributed by atoms with Crippen LogP contribution in [0.3, 0.4) is 0 Å². The fourth-order valence-corrected chi connectivity index (χ4v) is 1.24. The molecule has 19 heavy (non-hydrogen) atoms. The summed E-state index contributed by atoms with van der Waals surface area (Å²) < 4.78 is 37.4. The summed E-state index contributed by atoms with van der Waals surface area (Å²) in [6, 6.07) is 0. The van der Waals surface area contributed by atoms with E-state index in [0.717, 1.165) is 10.6 Å². The van der Waals surface area contributed by atoms with Gasteiger partial charge in [-0.05, 0) is 0 Å². The van der Waals surface area contributed by atoms with Crippen molar-refractivity contribution in [3.8, 4) is 0 Å². The largest absolute Gasteiger partial charge is 0.476 e. The lowest BCUT2D eigenvalue weighted by molar-refractivity contribution is -0.167. The van der Waals surface area contributed by atoms with Gasteiger partial charge >= 0.3 is 18.1 Å². The number of carboxylic acids is 1. The van der Waals surface area contributed by atoms with Gasteiger partial charge in [0.25, 0.3) is 5.78 Å². The molecule has 8 nitrogen and oxygen atoms in total. The molecule has 2 heterocycles. The SMILES string of the molecule is O=C(O)c1nnc2nccn2c1NC(=O)C(F)(F)F. The predicted molar refractivity (Wildman–Crippen MR) is 52.4 cm³/mol. The average Bonchev–Trinajstić information content (AvgIpc) is 2.75. The van der Waals surface area contributed by atoms with Crippen molar-refractivity contribution in [2.24, 2.45) is 0 Å². The van der Waals surface area contributed by atoms with Crippen LogP contribution < -0.4 is 5.32 Å². The molecular formula is C8H4F3N5O3. The summed E-state index contributed by atoms with van der Waals surface area (Å²) in [6.07, 6.45) is -2.85. The van der Waals surface area contributed by atoms with Crippen LogP contribution in [0.15, 0.2) is 12.4 Å². The fourth-order valence-electron chi connectivity index (χ4n) is 1.24. The quantitative estimate of drug-likeness (QED) is 0.817. The highest BCUT2D eigenvalue weighted by Crippen LogP contribution is 2.20. The number of rotatable bonds is 2. The highest BCUT2D eigenvalue weighted by atomic mass is 19.4. The Kier molecular flexibility index (Phi) is 2.81. The minimum Gasteiger partial charge on any atom is -0.476 e. The maximum Gasteiger partial charge on any atom is 0.471 e. The summed E-state index contributed by atoms with van der Waals surface area (Å²) in [7, 11) is 0. The van der Waals surface area contributed by atoms with Crippen LogP contribution in [0.4, 0.5) is 19.0 Å². The molecule has 11 heteroatoms. The topological polar surface area (TPSA) is 109 Å². The number of carbonyl (C=O) groups is 2. The first-order valence-corrected chi connectivity index (χ1v) is 4.62. The molecule has 100 valence electrons. The Morgan fingerprint density at radius 2 is 2.00 bits per heavy atom. The molecule has 0 aliphatic heterocycles. The van der Waals surface area contributed by atoms with Gasteiger partial charge in [0.05, 0.1) is 0 Å². The van der Waals surface area contributed by atoms with Crippen molar-refractivity contribution in [2.45, 2.75) is 6.18 Å². The first-order chi connectivity index (χ1) is 8.80. The molecule has 0 spiro atoms. The predicted octanol–water partition coefficient (Wildman–Crippen LogP) is 0.323. The number of aromatic nitrogens is 4. The van der Waals surface area contributed by atoms with E-state index in [-0.39, 0.29) is 5.78 Å². The Morgan fingerprint density at radius 1 is 1.32 bits per heavy atom. The van der Waals surface area contributed by atoms with Gasteiger partial charge in [0.2, 0.25) is 5.69 Å². The lowest BCUT2D eigenvalue weighted by Gasteiger charge is -2.10. The summed E-state index contributed by atoms with van der Waals surface area (Å²) in [5.74, 6) is -4.78. The number of imidazole rings is 1. The van der Waals surface area contributed by atoms with Gasteiger partial charge in [0, 0.05) is 12.4 Å². The number of fused-ring (bicyclic) bond motifs is 1. The van der Waals surface area contributed by atoms with Gasteiger partial charge in [-0.2, -0.15) is 13.2 Å². The molecule has 0 saturated carbocycles. The molecule has 0 atom stereocenters. The van der Waals surface area contributed by atoms with E-state index in [1.165, 1.54) is 11.5 Å². The lowest BCUT2D eigenvalue weighted by Crippen LogP contribution is -2.32. The van der Waals surface area contributed by atoms with E-state index in [1.54, 1.807) is 0 Å². The smallest absolute Gasteiger partial charge is 0.471 e. The molecular weight excluding hydrogens is 271 g/mol. The molecule has 1 amide bonds. The zero-order valence-electron chi connectivity index (χ0n) is 8.84. The van der Waals surface area contributed by atoms with Crippen molar-refractivity contribution >= 4 is 23.5 Å². The molecule has 0 aromatic carbocycles. The van der Waals surface area contributed by atoms with Crippen molar-refractivity contribution in [1.29, 1.82) is 0 Å². The summed E-state index contributed by atoms with van der Waals surface area (Å²) in [4.78, 5) is 25.3. The minimum absolute atomic E-state index is 0.150. The number of carboxylic acid groups (broad SMARTS) is 1. The number of anilines is 1. The zero-order chi connectivity index (χ0) is 14.2. The van der Waals surface area contributed by atoms with Crippen LogP contribution in [0.2, 0.25) is 0 Å². The Balaban J connectivity index is 2.56. The van der Waals surface area contributed by atoms with Crippen LogP contribution >= 0.6 is 0 Å². The van der Waals surface area contributed by atoms with Crippen LogP contribution in [0.25, 0.3) is 5.78 Å². The third-order valence-electron chi connectivity index (χ3n) is 2.02. The van der Waals surface area contributed by atoms with Crippen molar-refractivity contribution in [3.63, 3.8) is 0 Å². The molecule has 2 N–H and O–H groups in total. The summed E-state index contributed by atoms with van der Waals surface area (Å²) in [6.45, 7) is 0. The first kappa shape index (κ1) is 12.7. The fraction of sp³-hybridized carbons (Fsp3) is 0.125. The normalized spacial score (nSPS) is 11.5. The second kappa shape index (κ2) is 4.19. The van der Waals surface area contributed by atoms with Gasteiger partial charge in [-0.25, -0.2) is 9.78 Å². The summed E-state index contributed by atoms with van der Waals surface area (Å²) in [5, 5.41) is 16.8. The van der Waals surface area contributed by atoms with Gasteiger partial charge in [-0.15, -0.1) is 10.2 Å². The van der Waals surface area contributed by atoms with E-state index in [2.05, 4.69) is 15.2 Å². The highest BCUT2D eigenvalue weighted by Gasteiger charge is 2.40. The third kappa shape index (κ3) is 2.29. The number of alkyl halides is 3. The second-order valence-electron chi connectivity index (χ2n) is 3.25. The van der Waals surface area contributed by atoms with E-state index < -0.39 is 29.6 Å². The van der Waals surface area contributed by atoms with Gasteiger partial charge in [-0.1, -0.05) is 0 Å². The second-order valence-corrected chi connectivity index (χ2v) is 3.25. The number of nitrogens with one attached hydrogen (secondary N) is 1. The molecule has 0 saturated heterocycles. The van der Waals surface area contributed by atoms with Crippen LogP contribution in [0.1, 0.15) is 10.5 Å². The maximum absolute atomic E-state index is 12.2. The number of hydrogen-bond donors (Lipinski definition) is 2. The van der Waals surface area contributed by atoms with Gasteiger partial charge < -0.3 is 10.4 Å². The molecule has 2 aromatic heterocycles. The van der Waals surface area contributed by atoms with Crippen LogP contribution in [0.5, 0.6) is 0 Å². The van der Waals surface area contributed by atoms with Crippen LogP contribution in [-0.4, -0.2) is 42.7 Å². The Morgan fingerprint density at radius 3 is 2.58 bits per heavy atom. The van der Waals surface area contributed by atoms with E-state index in [9.17, 15) is 22.8 Å². The summed E-state index contributed by atoms with van der Waals surface area (Å²) in [5.41, 5.74) is -0.830. The molecule has 0 fully saturated rings. The van der Waals surface area contributed by atoms with Crippen molar-refractivity contribution < 1.29 is 27.9 Å². The Bertz CT molecular complexity index is 665. The monoisotopic (exact) mass is 275 g/mol. The summed E-state index contributed by atoms with van der Waals surface area (Å²) >= 11 is 0. The molecule has 2 rings (SSSR count). The molecule has 0 aliphatic rings. The number of aromatic carboxylic acids is 1. The Labute approximate surface area is 101 Å². The third-order valence-corrected chi connectivity index (χ3v) is 2.02. The highest BCUT2D eigenvalue weighted by molar-refractivity contribution is 6.00. The standard InChI is InChI=1S/C8H4F3N5O3/c9-8(10,11)6(19)13-4-3(5(17)18)14-15-7-12-1-2-16(4)7/h1-2H,(H,13,19)(H,17,18). The Hall–Kier alpha value is -2.72. The zero-order valence-corrected chi connectivity index (χ0v) is 8.84.